The summed E-state index contributed by atoms with van der Waals surface area (Å²) < 4.78 is 55.2. The van der Waals surface area contributed by atoms with E-state index < -0.39 is 35.5 Å². The number of halogens is 2. The molecule has 0 aliphatic carbocycles. The minimum absolute atomic E-state index is 0.108. The van der Waals surface area contributed by atoms with Gasteiger partial charge in [-0.15, -0.1) is 0 Å². The van der Waals surface area contributed by atoms with Gasteiger partial charge in [0.15, 0.2) is 11.6 Å². The SMILES string of the molecule is COCc1c(B2OC(C)(C)C(C)(C)O2)c(Nc2cccc(F)c2F)c2n1C(C)(C)CN(Cc1ccc(OC)cc1)C2=O. The number of benzene rings is 2. The lowest BCUT2D eigenvalue weighted by Gasteiger charge is -2.41. The van der Waals surface area contributed by atoms with Crippen LogP contribution in [0.2, 0.25) is 0 Å². The molecule has 0 spiro atoms. The van der Waals surface area contributed by atoms with Crippen molar-refractivity contribution in [3.8, 4) is 5.75 Å². The lowest BCUT2D eigenvalue weighted by atomic mass is 9.77. The average molecular weight is 581 g/mol. The van der Waals surface area contributed by atoms with E-state index in [0.717, 1.165) is 17.4 Å². The van der Waals surface area contributed by atoms with Crippen molar-refractivity contribution in [1.29, 1.82) is 0 Å². The lowest BCUT2D eigenvalue weighted by Crippen LogP contribution is -2.51. The maximum Gasteiger partial charge on any atom is 0.498 e. The highest BCUT2D eigenvalue weighted by atomic mass is 19.2. The Morgan fingerprint density at radius 1 is 0.976 bits per heavy atom. The second-order valence-corrected chi connectivity index (χ2v) is 12.5. The number of nitrogens with one attached hydrogen (secondary N) is 1. The molecule has 2 aliphatic heterocycles. The second-order valence-electron chi connectivity index (χ2n) is 12.5. The molecule has 42 heavy (non-hydrogen) atoms. The quantitative estimate of drug-likeness (QED) is 0.362. The van der Waals surface area contributed by atoms with Crippen LogP contribution in [0.25, 0.3) is 0 Å². The highest BCUT2D eigenvalue weighted by Gasteiger charge is 2.55. The molecule has 11 heteroatoms. The Hall–Kier alpha value is -3.41. The second kappa shape index (κ2) is 10.7. The van der Waals surface area contributed by atoms with E-state index in [1.165, 1.54) is 12.1 Å². The highest BCUT2D eigenvalue weighted by Crippen LogP contribution is 2.41. The number of carbonyl (C=O) groups is 1. The van der Waals surface area contributed by atoms with Gasteiger partial charge in [-0.3, -0.25) is 4.79 Å². The molecule has 1 saturated heterocycles. The van der Waals surface area contributed by atoms with Crippen LogP contribution >= 0.6 is 0 Å². The number of hydrogen-bond donors (Lipinski definition) is 1. The molecule has 1 N–H and O–H groups in total. The third-order valence-electron chi connectivity index (χ3n) is 8.50. The van der Waals surface area contributed by atoms with E-state index in [2.05, 4.69) is 5.32 Å². The molecule has 0 bridgehead atoms. The molecule has 0 unspecified atom stereocenters. The fraction of sp³-hybridized carbons (Fsp3) is 0.452. The highest BCUT2D eigenvalue weighted by molar-refractivity contribution is 6.65. The van der Waals surface area contributed by atoms with E-state index in [9.17, 15) is 9.18 Å². The van der Waals surface area contributed by atoms with Gasteiger partial charge in [0, 0.05) is 31.4 Å². The molecule has 0 saturated carbocycles. The van der Waals surface area contributed by atoms with Crippen molar-refractivity contribution in [2.45, 2.75) is 71.4 Å². The summed E-state index contributed by atoms with van der Waals surface area (Å²) in [4.78, 5) is 16.1. The average Bonchev–Trinajstić information content (AvgIpc) is 3.35. The first-order chi connectivity index (χ1) is 19.7. The number of methoxy groups -OCH3 is 2. The Balaban J connectivity index is 1.71. The number of rotatable bonds is 8. The van der Waals surface area contributed by atoms with Crippen molar-refractivity contribution in [3.05, 3.63) is 71.1 Å². The normalized spacial score (nSPS) is 18.8. The number of amides is 1. The van der Waals surface area contributed by atoms with Crippen molar-refractivity contribution in [2.24, 2.45) is 0 Å². The zero-order valence-electron chi connectivity index (χ0n) is 25.4. The molecule has 3 aromatic rings. The summed E-state index contributed by atoms with van der Waals surface area (Å²) >= 11 is 0. The molecular weight excluding hydrogens is 543 g/mol. The topological polar surface area (TPSA) is 74.2 Å². The van der Waals surface area contributed by atoms with Crippen LogP contribution in [0, 0.1) is 11.6 Å². The van der Waals surface area contributed by atoms with Crippen molar-refractivity contribution in [2.75, 3.05) is 26.1 Å². The van der Waals surface area contributed by atoms with Gasteiger partial charge >= 0.3 is 7.12 Å². The number of hydrogen-bond acceptors (Lipinski definition) is 6. The first kappa shape index (κ1) is 30.1. The number of ether oxygens (including phenoxy) is 2. The summed E-state index contributed by atoms with van der Waals surface area (Å²) in [6.45, 7) is 12.7. The Bertz CT molecular complexity index is 1490. The van der Waals surface area contributed by atoms with Gasteiger partial charge in [0.1, 0.15) is 11.4 Å². The summed E-state index contributed by atoms with van der Waals surface area (Å²) in [6, 6.07) is 11.4. The van der Waals surface area contributed by atoms with Gasteiger partial charge in [0.05, 0.1) is 41.8 Å². The number of nitrogens with zero attached hydrogens (tertiary/aromatic N) is 2. The minimum atomic E-state index is -1.05. The van der Waals surface area contributed by atoms with Crippen molar-refractivity contribution >= 4 is 29.9 Å². The van der Waals surface area contributed by atoms with Crippen molar-refractivity contribution < 1.29 is 32.4 Å². The Kier molecular flexibility index (Phi) is 7.66. The van der Waals surface area contributed by atoms with Crippen LogP contribution in [0.4, 0.5) is 20.2 Å². The van der Waals surface area contributed by atoms with Gasteiger partial charge in [-0.05, 0) is 71.4 Å². The van der Waals surface area contributed by atoms with E-state index >= 15 is 4.39 Å². The molecule has 2 aromatic carbocycles. The first-order valence-electron chi connectivity index (χ1n) is 14.0. The van der Waals surface area contributed by atoms with E-state index in [-0.39, 0.29) is 18.2 Å². The van der Waals surface area contributed by atoms with Crippen LogP contribution in [0.1, 0.15) is 63.3 Å². The number of anilines is 2. The Morgan fingerprint density at radius 2 is 1.62 bits per heavy atom. The lowest BCUT2D eigenvalue weighted by molar-refractivity contribution is 0.00578. The largest absolute Gasteiger partial charge is 0.498 e. The third kappa shape index (κ3) is 5.07. The first-order valence-corrected chi connectivity index (χ1v) is 14.0. The number of carbonyl (C=O) groups excluding carboxylic acids is 1. The fourth-order valence-corrected chi connectivity index (χ4v) is 5.70. The fourth-order valence-electron chi connectivity index (χ4n) is 5.70. The molecule has 8 nitrogen and oxygen atoms in total. The molecule has 0 atom stereocenters. The standard InChI is InChI=1S/C31H38BF2N3O5/c1-29(2)18-36(16-19-12-14-20(40-8)15-13-19)28(38)27-26(35-22-11-9-10-21(33)25(22)34)24(23(17-39-7)37(27)29)32-41-30(3,4)31(5,6)42-32/h9-15,35H,16-18H2,1-8H3. The maximum absolute atomic E-state index is 15.1. The van der Waals surface area contributed by atoms with Crippen molar-refractivity contribution in [3.63, 3.8) is 0 Å². The monoisotopic (exact) mass is 581 g/mol. The zero-order valence-corrected chi connectivity index (χ0v) is 25.4. The van der Waals surface area contributed by atoms with Gasteiger partial charge in [-0.2, -0.15) is 0 Å². The van der Waals surface area contributed by atoms with Gasteiger partial charge < -0.3 is 33.6 Å². The molecule has 5 rings (SSSR count). The van der Waals surface area contributed by atoms with E-state index in [4.69, 9.17) is 18.8 Å². The number of aromatic nitrogens is 1. The smallest absolute Gasteiger partial charge is 0.497 e. The molecule has 1 aromatic heterocycles. The molecule has 0 radical (unpaired) electrons. The minimum Gasteiger partial charge on any atom is -0.497 e. The number of fused-ring (bicyclic) bond motifs is 1. The Morgan fingerprint density at radius 3 is 2.21 bits per heavy atom. The van der Waals surface area contributed by atoms with E-state index in [1.54, 1.807) is 19.1 Å². The van der Waals surface area contributed by atoms with Gasteiger partial charge in [0.25, 0.3) is 5.91 Å². The predicted octanol–water partition coefficient (Wildman–Crippen LogP) is 5.36. The molecule has 1 amide bonds. The Labute approximate surface area is 246 Å². The molecule has 1 fully saturated rings. The van der Waals surface area contributed by atoms with Gasteiger partial charge in [0.2, 0.25) is 0 Å². The van der Waals surface area contributed by atoms with Crippen LogP contribution in [0.3, 0.4) is 0 Å². The van der Waals surface area contributed by atoms with Crippen LogP contribution in [-0.4, -0.2) is 54.5 Å². The third-order valence-corrected chi connectivity index (χ3v) is 8.50. The van der Waals surface area contributed by atoms with E-state index in [0.29, 0.717) is 35.6 Å². The van der Waals surface area contributed by atoms with Crippen LogP contribution in [0.15, 0.2) is 42.5 Å². The van der Waals surface area contributed by atoms with Gasteiger partial charge in [-0.25, -0.2) is 8.78 Å². The van der Waals surface area contributed by atoms with Crippen LogP contribution in [0.5, 0.6) is 5.75 Å². The predicted molar refractivity (Wildman–Crippen MR) is 158 cm³/mol. The maximum atomic E-state index is 15.1. The van der Waals surface area contributed by atoms with E-state index in [1.807, 2.05) is 70.4 Å². The summed E-state index contributed by atoms with van der Waals surface area (Å²) in [6.07, 6.45) is 0. The molecule has 2 aliphatic rings. The summed E-state index contributed by atoms with van der Waals surface area (Å²) in [5, 5.41) is 3.07. The molecular formula is C31H38BF2N3O5. The summed E-state index contributed by atoms with van der Waals surface area (Å²) in [5.74, 6) is -1.61. The van der Waals surface area contributed by atoms with Crippen LogP contribution in [-0.2, 0) is 32.7 Å². The van der Waals surface area contributed by atoms with Crippen LogP contribution < -0.4 is 15.5 Å². The summed E-state index contributed by atoms with van der Waals surface area (Å²) in [5.41, 5.74) is 0.592. The van der Waals surface area contributed by atoms with Crippen molar-refractivity contribution in [1.82, 2.24) is 9.47 Å². The molecule has 224 valence electrons. The summed E-state index contributed by atoms with van der Waals surface area (Å²) in [7, 11) is 2.27. The zero-order chi connectivity index (χ0) is 30.6. The molecule has 3 heterocycles. The van der Waals surface area contributed by atoms with Gasteiger partial charge in [-0.1, -0.05) is 18.2 Å².